The summed E-state index contributed by atoms with van der Waals surface area (Å²) in [6, 6.07) is 5.12. The van der Waals surface area contributed by atoms with Crippen LogP contribution in [0.25, 0.3) is 11.0 Å². The van der Waals surface area contributed by atoms with Crippen molar-refractivity contribution in [2.24, 2.45) is 0 Å². The largest absolute Gasteiger partial charge is 0.352 e. The number of carbonyl (C=O) groups excluding carboxylic acids is 1. The standard InChI is InChI=1S/C16H21N5O3S2/c1-11(16(22)17-12-5-6-12)20-7-9-21(10-8-20)26(23,24)14-4-2-3-13-15(14)19-25-18-13/h2-4,11-12H,5-10H2,1H3,(H,17,22). The van der Waals surface area contributed by atoms with Gasteiger partial charge in [-0.3, -0.25) is 9.69 Å². The van der Waals surface area contributed by atoms with Crippen LogP contribution in [-0.2, 0) is 14.8 Å². The summed E-state index contributed by atoms with van der Waals surface area (Å²) >= 11 is 1.01. The van der Waals surface area contributed by atoms with Crippen molar-refractivity contribution >= 4 is 38.7 Å². The molecule has 2 aromatic rings. The van der Waals surface area contributed by atoms with Crippen LogP contribution < -0.4 is 5.32 Å². The maximum absolute atomic E-state index is 13.0. The smallest absolute Gasteiger partial charge is 0.245 e. The number of hydrogen-bond acceptors (Lipinski definition) is 7. The number of carbonyl (C=O) groups is 1. The topological polar surface area (TPSA) is 95.5 Å². The minimum absolute atomic E-state index is 0.0297. The van der Waals surface area contributed by atoms with Crippen molar-refractivity contribution in [3.8, 4) is 0 Å². The van der Waals surface area contributed by atoms with Gasteiger partial charge in [0.25, 0.3) is 0 Å². The molecule has 1 aliphatic carbocycles. The number of rotatable bonds is 5. The molecule has 0 radical (unpaired) electrons. The SMILES string of the molecule is CC(C(=O)NC1CC1)N1CCN(S(=O)(=O)c2cccc3nsnc23)CC1. The Hall–Kier alpha value is -1.62. The van der Waals surface area contributed by atoms with Gasteiger partial charge < -0.3 is 5.32 Å². The first-order valence-electron chi connectivity index (χ1n) is 8.72. The second kappa shape index (κ2) is 6.84. The lowest BCUT2D eigenvalue weighted by molar-refractivity contribution is -0.126. The first-order chi connectivity index (χ1) is 12.5. The van der Waals surface area contributed by atoms with E-state index in [1.54, 1.807) is 18.2 Å². The van der Waals surface area contributed by atoms with E-state index >= 15 is 0 Å². The van der Waals surface area contributed by atoms with Crippen molar-refractivity contribution in [3.05, 3.63) is 18.2 Å². The molecule has 0 spiro atoms. The summed E-state index contributed by atoms with van der Waals surface area (Å²) in [5.41, 5.74) is 1.03. The normalized spacial score (nSPS) is 21.0. The minimum atomic E-state index is -3.63. The molecule has 1 atom stereocenters. The van der Waals surface area contributed by atoms with Gasteiger partial charge in [-0.2, -0.15) is 13.1 Å². The molecule has 1 saturated heterocycles. The van der Waals surface area contributed by atoms with E-state index in [-0.39, 0.29) is 16.8 Å². The van der Waals surface area contributed by atoms with Gasteiger partial charge in [-0.15, -0.1) is 0 Å². The Bertz CT molecular complexity index is 917. The molecule has 8 nitrogen and oxygen atoms in total. The molecule has 1 aromatic heterocycles. The van der Waals surface area contributed by atoms with Crippen molar-refractivity contribution in [2.75, 3.05) is 26.2 Å². The van der Waals surface area contributed by atoms with E-state index in [1.165, 1.54) is 4.31 Å². The Morgan fingerprint density at radius 2 is 1.96 bits per heavy atom. The van der Waals surface area contributed by atoms with Gasteiger partial charge in [-0.05, 0) is 31.9 Å². The molecule has 2 heterocycles. The van der Waals surface area contributed by atoms with Crippen LogP contribution in [-0.4, -0.2) is 70.5 Å². The molecule has 1 saturated carbocycles. The van der Waals surface area contributed by atoms with Crippen LogP contribution in [0.15, 0.2) is 23.1 Å². The lowest BCUT2D eigenvalue weighted by atomic mass is 10.2. The first kappa shape index (κ1) is 17.8. The summed E-state index contributed by atoms with van der Waals surface area (Å²) in [7, 11) is -3.63. The fraction of sp³-hybridized carbons (Fsp3) is 0.562. The molecule has 26 heavy (non-hydrogen) atoms. The van der Waals surface area contributed by atoms with Gasteiger partial charge in [0.05, 0.1) is 17.8 Å². The average molecular weight is 396 g/mol. The van der Waals surface area contributed by atoms with Gasteiger partial charge in [0.1, 0.15) is 15.9 Å². The highest BCUT2D eigenvalue weighted by molar-refractivity contribution is 7.89. The van der Waals surface area contributed by atoms with Crippen LogP contribution in [0, 0.1) is 0 Å². The van der Waals surface area contributed by atoms with Crippen LogP contribution >= 0.6 is 11.7 Å². The van der Waals surface area contributed by atoms with Gasteiger partial charge >= 0.3 is 0 Å². The zero-order valence-corrected chi connectivity index (χ0v) is 16.1. The van der Waals surface area contributed by atoms with Crippen molar-refractivity contribution in [1.29, 1.82) is 0 Å². The van der Waals surface area contributed by atoms with Gasteiger partial charge in [0, 0.05) is 32.2 Å². The van der Waals surface area contributed by atoms with Crippen LogP contribution in [0.4, 0.5) is 0 Å². The molecule has 4 rings (SSSR count). The number of nitrogens with one attached hydrogen (secondary N) is 1. The van der Waals surface area contributed by atoms with Crippen molar-refractivity contribution < 1.29 is 13.2 Å². The lowest BCUT2D eigenvalue weighted by Gasteiger charge is -2.36. The average Bonchev–Trinajstić information content (AvgIpc) is 3.32. The Morgan fingerprint density at radius 1 is 1.23 bits per heavy atom. The molecule has 1 aliphatic heterocycles. The fourth-order valence-electron chi connectivity index (χ4n) is 3.18. The van der Waals surface area contributed by atoms with Crippen LogP contribution in [0.3, 0.4) is 0 Å². The minimum Gasteiger partial charge on any atom is -0.352 e. The maximum atomic E-state index is 13.0. The number of sulfonamides is 1. The van der Waals surface area contributed by atoms with Crippen LogP contribution in [0.2, 0.25) is 0 Å². The highest BCUT2D eigenvalue weighted by Gasteiger charge is 2.34. The highest BCUT2D eigenvalue weighted by atomic mass is 32.2. The second-order valence-corrected chi connectivity index (χ2v) is 9.22. The third kappa shape index (κ3) is 3.34. The second-order valence-electron chi connectivity index (χ2n) is 6.79. The van der Waals surface area contributed by atoms with E-state index < -0.39 is 10.0 Å². The van der Waals surface area contributed by atoms with E-state index in [2.05, 4.69) is 14.1 Å². The molecular formula is C16H21N5O3S2. The first-order valence-corrected chi connectivity index (χ1v) is 10.9. The number of nitrogens with zero attached hydrogens (tertiary/aromatic N) is 4. The Morgan fingerprint density at radius 3 is 2.65 bits per heavy atom. The molecule has 1 N–H and O–H groups in total. The molecule has 1 aromatic carbocycles. The van der Waals surface area contributed by atoms with Crippen LogP contribution in [0.5, 0.6) is 0 Å². The third-order valence-corrected chi connectivity index (χ3v) is 7.46. The summed E-state index contributed by atoms with van der Waals surface area (Å²) in [6.07, 6.45) is 2.11. The summed E-state index contributed by atoms with van der Waals surface area (Å²) in [5, 5.41) is 3.01. The fourth-order valence-corrected chi connectivity index (χ4v) is 5.35. The predicted molar refractivity (Wildman–Crippen MR) is 98.4 cm³/mol. The molecule has 0 bridgehead atoms. The zero-order chi connectivity index (χ0) is 18.3. The molecule has 2 fully saturated rings. The zero-order valence-electron chi connectivity index (χ0n) is 14.5. The van der Waals surface area contributed by atoms with Gasteiger partial charge in [-0.25, -0.2) is 8.42 Å². The van der Waals surface area contributed by atoms with Crippen molar-refractivity contribution in [1.82, 2.24) is 23.3 Å². The molecule has 1 unspecified atom stereocenters. The van der Waals surface area contributed by atoms with Crippen molar-refractivity contribution in [3.63, 3.8) is 0 Å². The van der Waals surface area contributed by atoms with Crippen molar-refractivity contribution in [2.45, 2.75) is 36.7 Å². The number of hydrogen-bond donors (Lipinski definition) is 1. The van der Waals surface area contributed by atoms with E-state index in [0.717, 1.165) is 24.6 Å². The molecular weight excluding hydrogens is 374 g/mol. The number of fused-ring (bicyclic) bond motifs is 1. The van der Waals surface area contributed by atoms with Crippen LogP contribution in [0.1, 0.15) is 19.8 Å². The highest BCUT2D eigenvalue weighted by Crippen LogP contribution is 2.25. The number of amides is 1. The molecule has 140 valence electrons. The molecule has 2 aliphatic rings. The monoisotopic (exact) mass is 395 g/mol. The van der Waals surface area contributed by atoms with E-state index in [1.807, 2.05) is 11.8 Å². The number of aromatic nitrogens is 2. The lowest BCUT2D eigenvalue weighted by Crippen LogP contribution is -2.55. The van der Waals surface area contributed by atoms with Gasteiger partial charge in [-0.1, -0.05) is 6.07 Å². The van der Waals surface area contributed by atoms with Gasteiger partial charge in [0.2, 0.25) is 15.9 Å². The Labute approximate surface area is 156 Å². The summed E-state index contributed by atoms with van der Waals surface area (Å²) in [4.78, 5) is 14.5. The number of piperazine rings is 1. The predicted octanol–water partition coefficient (Wildman–Crippen LogP) is 0.665. The summed E-state index contributed by atoms with van der Waals surface area (Å²) in [5.74, 6) is 0.0297. The van der Waals surface area contributed by atoms with E-state index in [4.69, 9.17) is 0 Å². The molecule has 1 amide bonds. The Kier molecular flexibility index (Phi) is 4.68. The van der Waals surface area contributed by atoms with E-state index in [0.29, 0.717) is 43.3 Å². The third-order valence-electron chi connectivity index (χ3n) is 4.99. The van der Waals surface area contributed by atoms with E-state index in [9.17, 15) is 13.2 Å². The molecule has 10 heteroatoms. The van der Waals surface area contributed by atoms with Gasteiger partial charge in [0.15, 0.2) is 0 Å². The summed E-state index contributed by atoms with van der Waals surface area (Å²) < 4.78 is 35.8. The quantitative estimate of drug-likeness (QED) is 0.799. The Balaban J connectivity index is 1.45. The number of benzene rings is 1. The maximum Gasteiger partial charge on any atom is 0.245 e. The summed E-state index contributed by atoms with van der Waals surface area (Å²) in [6.45, 7) is 3.66.